The van der Waals surface area contributed by atoms with Crippen LogP contribution < -0.4 is 10.1 Å². The molecule has 0 radical (unpaired) electrons. The molecule has 0 aromatic heterocycles. The fourth-order valence-corrected chi connectivity index (χ4v) is 2.41. The smallest absolute Gasteiger partial charge is 0.148 e. The number of rotatable bonds is 8. The van der Waals surface area contributed by atoms with E-state index in [0.717, 1.165) is 28.8 Å². The zero-order valence-corrected chi connectivity index (χ0v) is 13.3. The van der Waals surface area contributed by atoms with Crippen molar-refractivity contribution >= 4 is 15.9 Å². The molecule has 1 N–H and O–H groups in total. The highest BCUT2D eigenvalue weighted by Crippen LogP contribution is 2.23. The average Bonchev–Trinajstić information content (AvgIpc) is 2.42. The van der Waals surface area contributed by atoms with Crippen molar-refractivity contribution in [2.24, 2.45) is 0 Å². The minimum Gasteiger partial charge on any atom is -0.481 e. The van der Waals surface area contributed by atoms with E-state index in [1.165, 1.54) is 12.8 Å². The fraction of sp³-hybridized carbons (Fsp3) is 0.500. The van der Waals surface area contributed by atoms with Gasteiger partial charge in [-0.2, -0.15) is 0 Å². The lowest BCUT2D eigenvalue weighted by Gasteiger charge is -2.17. The lowest BCUT2D eigenvalue weighted by atomic mass is 10.1. The first-order valence-corrected chi connectivity index (χ1v) is 7.58. The van der Waals surface area contributed by atoms with Crippen LogP contribution in [0.5, 0.6) is 5.75 Å². The Bertz CT molecular complexity index is 425. The maximum atomic E-state index is 5.57. The van der Waals surface area contributed by atoms with E-state index in [4.69, 9.17) is 11.2 Å². The van der Waals surface area contributed by atoms with Crippen molar-refractivity contribution in [3.05, 3.63) is 28.2 Å². The van der Waals surface area contributed by atoms with Gasteiger partial charge < -0.3 is 10.1 Å². The molecule has 0 fully saturated rings. The standard InChI is InChI=1S/C16H22BrNO/c1-4-7-15(6-3)18-12-13-11-14(17)8-9-16(13)19-10-5-2/h2,8-9,11,15,18H,4,6-7,10,12H2,1,3H3. The van der Waals surface area contributed by atoms with Crippen LogP contribution in [0.4, 0.5) is 0 Å². The van der Waals surface area contributed by atoms with Crippen molar-refractivity contribution in [2.45, 2.75) is 45.7 Å². The number of benzene rings is 1. The van der Waals surface area contributed by atoms with E-state index >= 15 is 0 Å². The molecule has 0 amide bonds. The van der Waals surface area contributed by atoms with Crippen LogP contribution in [0.3, 0.4) is 0 Å². The summed E-state index contributed by atoms with van der Waals surface area (Å²) in [4.78, 5) is 0. The molecule has 0 bridgehead atoms. The van der Waals surface area contributed by atoms with E-state index in [1.807, 2.05) is 12.1 Å². The molecule has 3 heteroatoms. The molecule has 2 nitrogen and oxygen atoms in total. The van der Waals surface area contributed by atoms with Crippen molar-refractivity contribution in [3.63, 3.8) is 0 Å². The van der Waals surface area contributed by atoms with Gasteiger partial charge in [0, 0.05) is 22.6 Å². The summed E-state index contributed by atoms with van der Waals surface area (Å²) in [6.45, 7) is 5.54. The quantitative estimate of drug-likeness (QED) is 0.726. The van der Waals surface area contributed by atoms with Crippen molar-refractivity contribution < 1.29 is 4.74 Å². The molecule has 1 aromatic carbocycles. The Morgan fingerprint density at radius 1 is 1.42 bits per heavy atom. The third kappa shape index (κ3) is 5.67. The Kier molecular flexibility index (Phi) is 7.62. The molecule has 0 spiro atoms. The number of hydrogen-bond acceptors (Lipinski definition) is 2. The van der Waals surface area contributed by atoms with E-state index in [-0.39, 0.29) is 0 Å². The fourth-order valence-electron chi connectivity index (χ4n) is 2.00. The molecule has 0 aliphatic rings. The molecule has 104 valence electrons. The Balaban J connectivity index is 2.69. The largest absolute Gasteiger partial charge is 0.481 e. The van der Waals surface area contributed by atoms with Crippen LogP contribution in [-0.2, 0) is 6.54 Å². The van der Waals surface area contributed by atoms with Crippen molar-refractivity contribution in [1.29, 1.82) is 0 Å². The Hall–Kier alpha value is -0.980. The molecule has 1 atom stereocenters. The lowest BCUT2D eigenvalue weighted by Crippen LogP contribution is -2.27. The second-order valence-electron chi connectivity index (χ2n) is 4.52. The Labute approximate surface area is 125 Å². The van der Waals surface area contributed by atoms with Gasteiger partial charge in [-0.1, -0.05) is 42.1 Å². The predicted octanol–water partition coefficient (Wildman–Crippen LogP) is 4.13. The van der Waals surface area contributed by atoms with Crippen LogP contribution in [0, 0.1) is 12.3 Å². The molecule has 0 aliphatic carbocycles. The zero-order valence-electron chi connectivity index (χ0n) is 11.7. The highest BCUT2D eigenvalue weighted by atomic mass is 79.9. The third-order valence-corrected chi connectivity index (χ3v) is 3.54. The summed E-state index contributed by atoms with van der Waals surface area (Å²) < 4.78 is 6.63. The van der Waals surface area contributed by atoms with Gasteiger partial charge in [0.2, 0.25) is 0 Å². The van der Waals surface area contributed by atoms with Gasteiger partial charge >= 0.3 is 0 Å². The Morgan fingerprint density at radius 3 is 2.84 bits per heavy atom. The second-order valence-corrected chi connectivity index (χ2v) is 5.44. The molecular weight excluding hydrogens is 302 g/mol. The van der Waals surface area contributed by atoms with Gasteiger partial charge in [-0.3, -0.25) is 0 Å². The minimum atomic E-state index is 0.306. The van der Waals surface area contributed by atoms with Crippen LogP contribution in [0.25, 0.3) is 0 Å². The summed E-state index contributed by atoms with van der Waals surface area (Å²) >= 11 is 3.50. The molecule has 19 heavy (non-hydrogen) atoms. The normalized spacial score (nSPS) is 11.9. The van der Waals surface area contributed by atoms with Gasteiger partial charge in [-0.05, 0) is 31.0 Å². The van der Waals surface area contributed by atoms with Gasteiger partial charge in [0.25, 0.3) is 0 Å². The highest BCUT2D eigenvalue weighted by molar-refractivity contribution is 9.10. The summed E-state index contributed by atoms with van der Waals surface area (Å²) in [6, 6.07) is 6.57. The molecule has 0 saturated heterocycles. The second kappa shape index (κ2) is 9.01. The number of nitrogens with one attached hydrogen (secondary N) is 1. The van der Waals surface area contributed by atoms with Crippen LogP contribution >= 0.6 is 15.9 Å². The van der Waals surface area contributed by atoms with Crippen LogP contribution in [0.2, 0.25) is 0 Å². The number of terminal acetylenes is 1. The number of halogens is 1. The first-order chi connectivity index (χ1) is 9.21. The molecule has 0 saturated carbocycles. The number of hydrogen-bond donors (Lipinski definition) is 1. The zero-order chi connectivity index (χ0) is 14.1. The lowest BCUT2D eigenvalue weighted by molar-refractivity contribution is 0.362. The average molecular weight is 324 g/mol. The van der Waals surface area contributed by atoms with Crippen LogP contribution in [0.1, 0.15) is 38.7 Å². The summed E-state index contributed by atoms with van der Waals surface area (Å²) in [5, 5.41) is 3.58. The predicted molar refractivity (Wildman–Crippen MR) is 84.3 cm³/mol. The maximum Gasteiger partial charge on any atom is 0.148 e. The molecule has 0 aliphatic heterocycles. The van der Waals surface area contributed by atoms with Crippen LogP contribution in [0.15, 0.2) is 22.7 Å². The third-order valence-electron chi connectivity index (χ3n) is 3.04. The van der Waals surface area contributed by atoms with E-state index in [9.17, 15) is 0 Å². The number of ether oxygens (including phenoxy) is 1. The first-order valence-electron chi connectivity index (χ1n) is 6.79. The van der Waals surface area contributed by atoms with E-state index in [0.29, 0.717) is 12.6 Å². The van der Waals surface area contributed by atoms with Gasteiger partial charge in [-0.25, -0.2) is 0 Å². The van der Waals surface area contributed by atoms with Crippen molar-refractivity contribution in [1.82, 2.24) is 5.32 Å². The minimum absolute atomic E-state index is 0.306. The van der Waals surface area contributed by atoms with E-state index < -0.39 is 0 Å². The van der Waals surface area contributed by atoms with Gasteiger partial charge in [-0.15, -0.1) is 6.42 Å². The van der Waals surface area contributed by atoms with Gasteiger partial charge in [0.05, 0.1) is 0 Å². The maximum absolute atomic E-state index is 5.57. The summed E-state index contributed by atoms with van der Waals surface area (Å²) in [5.74, 6) is 3.36. The molecule has 1 unspecified atom stereocenters. The molecule has 0 heterocycles. The van der Waals surface area contributed by atoms with Gasteiger partial charge in [0.15, 0.2) is 0 Å². The van der Waals surface area contributed by atoms with E-state index in [2.05, 4.69) is 47.1 Å². The molecule has 1 rings (SSSR count). The summed E-state index contributed by atoms with van der Waals surface area (Å²) in [5.41, 5.74) is 1.14. The topological polar surface area (TPSA) is 21.3 Å². The SMILES string of the molecule is C#CCOc1ccc(Br)cc1CNC(CC)CCC. The summed E-state index contributed by atoms with van der Waals surface area (Å²) in [6.07, 6.45) is 8.78. The molecular formula is C16H22BrNO. The van der Waals surface area contributed by atoms with E-state index in [1.54, 1.807) is 0 Å². The molecule has 1 aromatic rings. The van der Waals surface area contributed by atoms with Gasteiger partial charge in [0.1, 0.15) is 12.4 Å². The first kappa shape index (κ1) is 16.1. The summed E-state index contributed by atoms with van der Waals surface area (Å²) in [7, 11) is 0. The Morgan fingerprint density at radius 2 is 2.21 bits per heavy atom. The van der Waals surface area contributed by atoms with Crippen molar-refractivity contribution in [3.8, 4) is 18.1 Å². The highest BCUT2D eigenvalue weighted by Gasteiger charge is 2.08. The van der Waals surface area contributed by atoms with Crippen molar-refractivity contribution in [2.75, 3.05) is 6.61 Å². The van der Waals surface area contributed by atoms with Crippen LogP contribution in [-0.4, -0.2) is 12.6 Å². The monoisotopic (exact) mass is 323 g/mol.